The van der Waals surface area contributed by atoms with Gasteiger partial charge in [0.05, 0.1) is 5.69 Å². The molecular formula is C23H24N6O. The zero-order valence-corrected chi connectivity index (χ0v) is 16.6. The van der Waals surface area contributed by atoms with Crippen molar-refractivity contribution in [3.05, 3.63) is 71.8 Å². The van der Waals surface area contributed by atoms with Gasteiger partial charge in [0, 0.05) is 44.5 Å². The van der Waals surface area contributed by atoms with Gasteiger partial charge in [-0.3, -0.25) is 4.90 Å². The molecule has 7 heteroatoms. The van der Waals surface area contributed by atoms with E-state index in [1.807, 2.05) is 30.3 Å². The highest BCUT2D eigenvalue weighted by Gasteiger charge is 2.14. The summed E-state index contributed by atoms with van der Waals surface area (Å²) in [5.74, 6) is 1.30. The second-order valence-electron chi connectivity index (χ2n) is 7.15. The molecule has 0 unspecified atom stereocenters. The van der Waals surface area contributed by atoms with Gasteiger partial charge >= 0.3 is 0 Å². The van der Waals surface area contributed by atoms with Gasteiger partial charge in [-0.15, -0.1) is 0 Å². The number of para-hydroxylation sites is 1. The summed E-state index contributed by atoms with van der Waals surface area (Å²) in [5, 5.41) is 16.1. The standard InChI is InChI=1S/C23H24N6O/c24-15-20-21(25)14-22(28-23(20)30-19-4-2-1-3-5-19)27-18-8-6-17(7-9-18)16-29-12-10-26-11-13-29/h1-9,14,26H,10-13,16H2,(H3,25,27,28). The summed E-state index contributed by atoms with van der Waals surface area (Å²) in [6.45, 7) is 5.16. The Hall–Kier alpha value is -3.60. The van der Waals surface area contributed by atoms with Crippen molar-refractivity contribution in [2.45, 2.75) is 6.54 Å². The second-order valence-corrected chi connectivity index (χ2v) is 7.15. The van der Waals surface area contributed by atoms with Gasteiger partial charge < -0.3 is 21.1 Å². The van der Waals surface area contributed by atoms with E-state index in [-0.39, 0.29) is 11.4 Å². The molecule has 0 saturated carbocycles. The van der Waals surface area contributed by atoms with Crippen LogP contribution in [-0.2, 0) is 6.54 Å². The quantitative estimate of drug-likeness (QED) is 0.582. The van der Waals surface area contributed by atoms with Crippen LogP contribution in [0.4, 0.5) is 17.2 Å². The summed E-state index contributed by atoms with van der Waals surface area (Å²) in [6.07, 6.45) is 0. The van der Waals surface area contributed by atoms with Gasteiger partial charge in [-0.2, -0.15) is 10.2 Å². The summed E-state index contributed by atoms with van der Waals surface area (Å²) in [5.41, 5.74) is 8.77. The molecule has 0 atom stereocenters. The van der Waals surface area contributed by atoms with E-state index in [1.165, 1.54) is 5.56 Å². The van der Waals surface area contributed by atoms with E-state index < -0.39 is 0 Å². The monoisotopic (exact) mass is 400 g/mol. The van der Waals surface area contributed by atoms with Crippen molar-refractivity contribution >= 4 is 17.2 Å². The third-order valence-corrected chi connectivity index (χ3v) is 4.93. The zero-order valence-electron chi connectivity index (χ0n) is 16.6. The highest BCUT2D eigenvalue weighted by molar-refractivity contribution is 5.68. The molecule has 1 aromatic heterocycles. The Morgan fingerprint density at radius 2 is 1.83 bits per heavy atom. The van der Waals surface area contributed by atoms with Crippen molar-refractivity contribution in [3.8, 4) is 17.7 Å². The van der Waals surface area contributed by atoms with Crippen LogP contribution in [0.25, 0.3) is 0 Å². The van der Waals surface area contributed by atoms with E-state index in [0.717, 1.165) is 38.4 Å². The van der Waals surface area contributed by atoms with Crippen molar-refractivity contribution in [3.63, 3.8) is 0 Å². The van der Waals surface area contributed by atoms with E-state index in [9.17, 15) is 5.26 Å². The molecule has 4 rings (SSSR count). The number of rotatable bonds is 6. The maximum atomic E-state index is 9.44. The molecule has 1 aliphatic rings. The van der Waals surface area contributed by atoms with Gasteiger partial charge in [-0.05, 0) is 29.8 Å². The lowest BCUT2D eigenvalue weighted by atomic mass is 10.2. The molecule has 0 aliphatic carbocycles. The van der Waals surface area contributed by atoms with Gasteiger partial charge in [0.2, 0.25) is 5.88 Å². The number of anilines is 3. The topological polar surface area (TPSA) is 99.2 Å². The van der Waals surface area contributed by atoms with Crippen LogP contribution in [0, 0.1) is 11.3 Å². The zero-order chi connectivity index (χ0) is 20.8. The lowest BCUT2D eigenvalue weighted by Crippen LogP contribution is -2.42. The predicted octanol–water partition coefficient (Wildman–Crippen LogP) is 3.48. The molecule has 1 fully saturated rings. The molecule has 0 spiro atoms. The van der Waals surface area contributed by atoms with Gasteiger partial charge in [0.1, 0.15) is 23.2 Å². The molecule has 0 amide bonds. The molecule has 0 radical (unpaired) electrons. The van der Waals surface area contributed by atoms with Crippen LogP contribution < -0.4 is 21.1 Å². The lowest BCUT2D eigenvalue weighted by Gasteiger charge is -2.27. The predicted molar refractivity (Wildman–Crippen MR) is 118 cm³/mol. The van der Waals surface area contributed by atoms with Crippen molar-refractivity contribution < 1.29 is 4.74 Å². The maximum absolute atomic E-state index is 9.44. The third kappa shape index (κ3) is 4.87. The number of nitrogens with zero attached hydrogens (tertiary/aromatic N) is 3. The van der Waals surface area contributed by atoms with Crippen molar-refractivity contribution in [1.29, 1.82) is 5.26 Å². The largest absolute Gasteiger partial charge is 0.438 e. The average molecular weight is 400 g/mol. The molecule has 3 aromatic rings. The second kappa shape index (κ2) is 9.27. The Bertz CT molecular complexity index is 1020. The Kier molecular flexibility index (Phi) is 6.09. The molecule has 2 heterocycles. The minimum atomic E-state index is 0.182. The summed E-state index contributed by atoms with van der Waals surface area (Å²) in [4.78, 5) is 6.90. The first kappa shape index (κ1) is 19.7. The number of pyridine rings is 1. The molecule has 30 heavy (non-hydrogen) atoms. The summed E-state index contributed by atoms with van der Waals surface area (Å²) in [7, 11) is 0. The Morgan fingerprint density at radius 3 is 2.53 bits per heavy atom. The molecule has 2 aromatic carbocycles. The van der Waals surface area contributed by atoms with Crippen LogP contribution >= 0.6 is 0 Å². The van der Waals surface area contributed by atoms with Crippen LogP contribution in [0.1, 0.15) is 11.1 Å². The lowest BCUT2D eigenvalue weighted by molar-refractivity contribution is 0.233. The first-order chi connectivity index (χ1) is 14.7. The molecule has 4 N–H and O–H groups in total. The molecule has 7 nitrogen and oxygen atoms in total. The number of hydrogen-bond acceptors (Lipinski definition) is 7. The number of ether oxygens (including phenoxy) is 1. The first-order valence-electron chi connectivity index (χ1n) is 9.94. The number of benzene rings is 2. The highest BCUT2D eigenvalue weighted by atomic mass is 16.5. The molecule has 152 valence electrons. The summed E-state index contributed by atoms with van der Waals surface area (Å²) >= 11 is 0. The van der Waals surface area contributed by atoms with E-state index >= 15 is 0 Å². The number of nitrogens with one attached hydrogen (secondary N) is 2. The number of nitriles is 1. The minimum absolute atomic E-state index is 0.182. The summed E-state index contributed by atoms with van der Waals surface area (Å²) < 4.78 is 5.80. The van der Waals surface area contributed by atoms with Gasteiger partial charge in [-0.1, -0.05) is 30.3 Å². The number of aromatic nitrogens is 1. The average Bonchev–Trinajstić information content (AvgIpc) is 2.77. The van der Waals surface area contributed by atoms with Crippen molar-refractivity contribution in [2.75, 3.05) is 37.2 Å². The van der Waals surface area contributed by atoms with Gasteiger partial charge in [0.25, 0.3) is 0 Å². The van der Waals surface area contributed by atoms with E-state index in [2.05, 4.69) is 38.7 Å². The van der Waals surface area contributed by atoms with Crippen LogP contribution in [-0.4, -0.2) is 36.1 Å². The van der Waals surface area contributed by atoms with Crippen LogP contribution in [0.5, 0.6) is 11.6 Å². The maximum Gasteiger partial charge on any atom is 0.241 e. The van der Waals surface area contributed by atoms with Gasteiger partial charge in [-0.25, -0.2) is 0 Å². The Balaban J connectivity index is 1.49. The van der Waals surface area contributed by atoms with E-state index in [0.29, 0.717) is 17.3 Å². The molecule has 1 saturated heterocycles. The first-order valence-corrected chi connectivity index (χ1v) is 9.94. The van der Waals surface area contributed by atoms with Gasteiger partial charge in [0.15, 0.2) is 0 Å². The number of piperazine rings is 1. The minimum Gasteiger partial charge on any atom is -0.438 e. The fourth-order valence-corrected chi connectivity index (χ4v) is 3.36. The molecule has 1 aliphatic heterocycles. The third-order valence-electron chi connectivity index (χ3n) is 4.93. The fourth-order valence-electron chi connectivity index (χ4n) is 3.36. The smallest absolute Gasteiger partial charge is 0.241 e. The van der Waals surface area contributed by atoms with Crippen LogP contribution in [0.15, 0.2) is 60.7 Å². The Labute approximate surface area is 176 Å². The fraction of sp³-hybridized carbons (Fsp3) is 0.217. The van der Waals surface area contributed by atoms with Crippen molar-refractivity contribution in [1.82, 2.24) is 15.2 Å². The number of nitrogen functional groups attached to an aromatic ring is 1. The molecular weight excluding hydrogens is 376 g/mol. The van der Waals surface area contributed by atoms with E-state index in [4.69, 9.17) is 10.5 Å². The SMILES string of the molecule is N#Cc1c(N)cc(Nc2ccc(CN3CCNCC3)cc2)nc1Oc1ccccc1. The Morgan fingerprint density at radius 1 is 1.10 bits per heavy atom. The van der Waals surface area contributed by atoms with E-state index in [1.54, 1.807) is 18.2 Å². The number of hydrogen-bond donors (Lipinski definition) is 3. The summed E-state index contributed by atoms with van der Waals surface area (Å²) in [6, 6.07) is 21.2. The molecule has 0 bridgehead atoms. The normalized spacial score (nSPS) is 14.1. The van der Waals surface area contributed by atoms with Crippen LogP contribution in [0.2, 0.25) is 0 Å². The van der Waals surface area contributed by atoms with Crippen LogP contribution in [0.3, 0.4) is 0 Å². The highest BCUT2D eigenvalue weighted by Crippen LogP contribution is 2.30. The van der Waals surface area contributed by atoms with Crippen molar-refractivity contribution in [2.24, 2.45) is 0 Å². The number of nitrogens with two attached hydrogens (primary N) is 1.